The molecule has 6 nitrogen and oxygen atoms in total. The van der Waals surface area contributed by atoms with Gasteiger partial charge in [0.2, 0.25) is 11.8 Å². The molecule has 0 bridgehead atoms. The van der Waals surface area contributed by atoms with Gasteiger partial charge in [-0.15, -0.1) is 11.3 Å². The fourth-order valence-electron chi connectivity index (χ4n) is 3.87. The molecular weight excluding hydrogens is 410 g/mol. The third kappa shape index (κ3) is 5.54. The van der Waals surface area contributed by atoms with Crippen LogP contribution >= 0.6 is 11.3 Å². The second-order valence-corrected chi connectivity index (χ2v) is 8.81. The van der Waals surface area contributed by atoms with Crippen LogP contribution in [0, 0.1) is 6.92 Å². The lowest BCUT2D eigenvalue weighted by Gasteiger charge is -2.21. The molecule has 0 aliphatic carbocycles. The average molecular weight is 440 g/mol. The Morgan fingerprint density at radius 2 is 2.00 bits per heavy atom. The van der Waals surface area contributed by atoms with E-state index in [1.54, 1.807) is 18.4 Å². The lowest BCUT2D eigenvalue weighted by atomic mass is 10.1. The van der Waals surface area contributed by atoms with E-state index >= 15 is 0 Å². The summed E-state index contributed by atoms with van der Waals surface area (Å²) in [7, 11) is 1.66. The number of oxazole rings is 1. The summed E-state index contributed by atoms with van der Waals surface area (Å²) in [6.45, 7) is 6.13. The molecule has 1 aliphatic rings. The van der Waals surface area contributed by atoms with Crippen LogP contribution in [-0.4, -0.2) is 54.0 Å². The molecule has 1 amide bonds. The zero-order valence-electron chi connectivity index (χ0n) is 18.2. The van der Waals surface area contributed by atoms with Crippen molar-refractivity contribution in [3.8, 4) is 16.5 Å². The normalized spacial score (nSPS) is 15.1. The quantitative estimate of drug-likeness (QED) is 0.547. The van der Waals surface area contributed by atoms with Crippen LogP contribution in [0.2, 0.25) is 0 Å². The van der Waals surface area contributed by atoms with Crippen LogP contribution in [0.4, 0.5) is 0 Å². The van der Waals surface area contributed by atoms with Gasteiger partial charge in [-0.1, -0.05) is 18.2 Å². The third-order valence-electron chi connectivity index (χ3n) is 5.73. The van der Waals surface area contributed by atoms with E-state index in [9.17, 15) is 4.79 Å². The molecule has 0 spiro atoms. The molecule has 0 atom stereocenters. The zero-order chi connectivity index (χ0) is 21.6. The smallest absolute Gasteiger partial charge is 0.236 e. The van der Waals surface area contributed by atoms with Gasteiger partial charge >= 0.3 is 0 Å². The van der Waals surface area contributed by atoms with Crippen molar-refractivity contribution >= 4 is 17.2 Å². The Hall–Kier alpha value is -2.64. The monoisotopic (exact) mass is 439 g/mol. The van der Waals surface area contributed by atoms with Crippen LogP contribution in [0.5, 0.6) is 5.75 Å². The Balaban J connectivity index is 1.28. The molecule has 1 aliphatic heterocycles. The number of ether oxygens (including phenoxy) is 1. The van der Waals surface area contributed by atoms with Gasteiger partial charge in [-0.25, -0.2) is 4.98 Å². The van der Waals surface area contributed by atoms with E-state index in [2.05, 4.69) is 4.90 Å². The van der Waals surface area contributed by atoms with Crippen molar-refractivity contribution in [1.82, 2.24) is 14.8 Å². The Morgan fingerprint density at radius 3 is 2.74 bits per heavy atom. The molecule has 1 aromatic carbocycles. The topological polar surface area (TPSA) is 58.8 Å². The number of rotatable bonds is 7. The number of amides is 1. The first-order valence-corrected chi connectivity index (χ1v) is 11.6. The number of aryl methyl sites for hydroxylation is 2. The van der Waals surface area contributed by atoms with E-state index in [1.807, 2.05) is 53.6 Å². The van der Waals surface area contributed by atoms with E-state index in [0.29, 0.717) is 12.3 Å². The lowest BCUT2D eigenvalue weighted by Crippen LogP contribution is -2.35. The van der Waals surface area contributed by atoms with Gasteiger partial charge in [0.25, 0.3) is 0 Å². The molecule has 3 aromatic rings. The van der Waals surface area contributed by atoms with Gasteiger partial charge in [0.1, 0.15) is 11.5 Å². The third-order valence-corrected chi connectivity index (χ3v) is 6.58. The minimum absolute atomic E-state index is 0.232. The highest BCUT2D eigenvalue weighted by Crippen LogP contribution is 2.26. The van der Waals surface area contributed by atoms with E-state index < -0.39 is 0 Å². The molecule has 7 heteroatoms. The Bertz CT molecular complexity index is 982. The number of methoxy groups -OCH3 is 1. The average Bonchev–Trinajstić information content (AvgIpc) is 3.38. The summed E-state index contributed by atoms with van der Waals surface area (Å²) in [5.41, 5.74) is 2.15. The predicted octanol–water partition coefficient (Wildman–Crippen LogP) is 4.39. The Labute approximate surface area is 187 Å². The van der Waals surface area contributed by atoms with Crippen LogP contribution in [0.1, 0.15) is 29.9 Å². The largest absolute Gasteiger partial charge is 0.497 e. The highest BCUT2D eigenvalue weighted by molar-refractivity contribution is 7.13. The zero-order valence-corrected chi connectivity index (χ0v) is 19.0. The van der Waals surface area contributed by atoms with Gasteiger partial charge in [-0.3, -0.25) is 9.69 Å². The molecule has 1 fully saturated rings. The summed E-state index contributed by atoms with van der Waals surface area (Å²) >= 11 is 1.64. The van der Waals surface area contributed by atoms with Crippen LogP contribution in [0.3, 0.4) is 0 Å². The van der Waals surface area contributed by atoms with E-state index in [1.165, 1.54) is 0 Å². The molecule has 4 rings (SSSR count). The minimum atomic E-state index is 0.232. The second kappa shape index (κ2) is 10.1. The highest BCUT2D eigenvalue weighted by atomic mass is 32.1. The van der Waals surface area contributed by atoms with Crippen LogP contribution in [0.15, 0.2) is 46.2 Å². The fraction of sp³-hybridized carbons (Fsp3) is 0.417. The maximum absolute atomic E-state index is 12.8. The first-order chi connectivity index (χ1) is 15.1. The number of thiophene rings is 1. The van der Waals surface area contributed by atoms with Gasteiger partial charge in [0.15, 0.2) is 0 Å². The maximum Gasteiger partial charge on any atom is 0.236 e. The number of benzene rings is 1. The van der Waals surface area contributed by atoms with Crippen molar-refractivity contribution in [2.24, 2.45) is 0 Å². The van der Waals surface area contributed by atoms with Crippen LogP contribution < -0.4 is 4.74 Å². The summed E-state index contributed by atoms with van der Waals surface area (Å²) < 4.78 is 11.1. The van der Waals surface area contributed by atoms with Gasteiger partial charge in [-0.05, 0) is 48.9 Å². The van der Waals surface area contributed by atoms with Crippen molar-refractivity contribution in [3.05, 3.63) is 58.8 Å². The fourth-order valence-corrected chi connectivity index (χ4v) is 4.52. The summed E-state index contributed by atoms with van der Waals surface area (Å²) in [6, 6.07) is 12.0. The van der Waals surface area contributed by atoms with Gasteiger partial charge in [0, 0.05) is 39.1 Å². The van der Waals surface area contributed by atoms with Gasteiger partial charge in [-0.2, -0.15) is 0 Å². The van der Waals surface area contributed by atoms with Crippen molar-refractivity contribution in [1.29, 1.82) is 0 Å². The van der Waals surface area contributed by atoms with Crippen molar-refractivity contribution in [2.75, 3.05) is 33.3 Å². The van der Waals surface area contributed by atoms with Crippen LogP contribution in [-0.2, 0) is 17.8 Å². The molecule has 0 radical (unpaired) electrons. The molecule has 0 N–H and O–H groups in total. The summed E-state index contributed by atoms with van der Waals surface area (Å²) in [6.07, 6.45) is 2.27. The maximum atomic E-state index is 12.8. The lowest BCUT2D eigenvalue weighted by molar-refractivity contribution is -0.131. The number of hydrogen-bond acceptors (Lipinski definition) is 6. The molecule has 2 aromatic heterocycles. The van der Waals surface area contributed by atoms with Crippen molar-refractivity contribution in [2.45, 2.75) is 32.7 Å². The molecule has 3 heterocycles. The van der Waals surface area contributed by atoms with Gasteiger partial charge in [0.05, 0.1) is 17.7 Å². The van der Waals surface area contributed by atoms with Crippen molar-refractivity contribution < 1.29 is 13.9 Å². The summed E-state index contributed by atoms with van der Waals surface area (Å²) in [5, 5.41) is 2.03. The van der Waals surface area contributed by atoms with Crippen molar-refractivity contribution in [3.63, 3.8) is 0 Å². The summed E-state index contributed by atoms with van der Waals surface area (Å²) in [4.78, 5) is 22.9. The molecule has 0 unspecified atom stereocenters. The number of nitrogens with zero attached hydrogens (tertiary/aromatic N) is 3. The molecular formula is C24H29N3O3S. The predicted molar refractivity (Wildman–Crippen MR) is 122 cm³/mol. The minimum Gasteiger partial charge on any atom is -0.497 e. The first kappa shape index (κ1) is 21.6. The first-order valence-electron chi connectivity index (χ1n) is 10.8. The molecule has 164 valence electrons. The van der Waals surface area contributed by atoms with E-state index in [-0.39, 0.29) is 5.91 Å². The molecule has 1 saturated heterocycles. The van der Waals surface area contributed by atoms with E-state index in [4.69, 9.17) is 14.1 Å². The Morgan fingerprint density at radius 1 is 1.16 bits per heavy atom. The standard InChI is InChI=1S/C24H29N3O3S/c1-18-21(25-24(30-18)22-5-3-16-31-22)17-26-12-4-13-27(15-14-26)23(28)11-8-19-6-9-20(29-2)10-7-19/h3,5-7,9-10,16H,4,8,11-15,17H2,1-2H3. The molecule has 0 saturated carbocycles. The number of aromatic nitrogens is 1. The van der Waals surface area contributed by atoms with E-state index in [0.717, 1.165) is 73.2 Å². The molecule has 31 heavy (non-hydrogen) atoms. The number of carbonyl (C=O) groups is 1. The Kier molecular flexibility index (Phi) is 7.04. The van der Waals surface area contributed by atoms with Crippen LogP contribution in [0.25, 0.3) is 10.8 Å². The summed E-state index contributed by atoms with van der Waals surface area (Å²) in [5.74, 6) is 2.65. The number of carbonyl (C=O) groups excluding carboxylic acids is 1. The highest BCUT2D eigenvalue weighted by Gasteiger charge is 2.21. The van der Waals surface area contributed by atoms with Gasteiger partial charge < -0.3 is 14.1 Å². The number of hydrogen-bond donors (Lipinski definition) is 0. The SMILES string of the molecule is COc1ccc(CCC(=O)N2CCCN(Cc3nc(-c4cccs4)oc3C)CC2)cc1. The second-order valence-electron chi connectivity index (χ2n) is 7.86.